The highest BCUT2D eigenvalue weighted by atomic mass is 32.2. The zero-order valence-electron chi connectivity index (χ0n) is 12.0. The average molecular weight is 302 g/mol. The second-order valence-corrected chi connectivity index (χ2v) is 6.00. The van der Waals surface area contributed by atoms with Gasteiger partial charge >= 0.3 is 0 Å². The van der Waals surface area contributed by atoms with Crippen molar-refractivity contribution in [2.24, 2.45) is 0 Å². The van der Waals surface area contributed by atoms with Crippen molar-refractivity contribution in [2.45, 2.75) is 31.3 Å². The molecule has 0 aliphatic rings. The molecule has 0 fully saturated rings. The number of aliphatic hydroxyl groups is 1. The van der Waals surface area contributed by atoms with Crippen LogP contribution in [-0.4, -0.2) is 37.0 Å². The van der Waals surface area contributed by atoms with Crippen LogP contribution in [0.4, 0.5) is 0 Å². The molecule has 1 aromatic carbocycles. The number of hydrogen-bond acceptors (Lipinski definition) is 5. The van der Waals surface area contributed by atoms with Gasteiger partial charge in [0.05, 0.1) is 5.52 Å². The number of thioether (sulfide) groups is 1. The molecule has 0 saturated heterocycles. The lowest BCUT2D eigenvalue weighted by Crippen LogP contribution is -1.99. The highest BCUT2D eigenvalue weighted by Gasteiger charge is 2.11. The van der Waals surface area contributed by atoms with Gasteiger partial charge in [0.1, 0.15) is 5.82 Å². The monoisotopic (exact) mass is 302 g/mol. The number of aliphatic hydroxyl groups excluding tert-OH is 1. The Morgan fingerprint density at radius 1 is 1.14 bits per heavy atom. The summed E-state index contributed by atoms with van der Waals surface area (Å²) in [6.07, 6.45) is 2.97. The van der Waals surface area contributed by atoms with Gasteiger partial charge < -0.3 is 5.11 Å². The lowest BCUT2D eigenvalue weighted by molar-refractivity contribution is 0.284. The van der Waals surface area contributed by atoms with Crippen LogP contribution in [0.2, 0.25) is 0 Å². The lowest BCUT2D eigenvalue weighted by atomic mass is 10.2. The molecule has 2 heterocycles. The minimum absolute atomic E-state index is 0.269. The van der Waals surface area contributed by atoms with Crippen LogP contribution in [0.25, 0.3) is 16.6 Å². The minimum Gasteiger partial charge on any atom is -0.396 e. The lowest BCUT2D eigenvalue weighted by Gasteiger charge is -2.05. The van der Waals surface area contributed by atoms with Crippen molar-refractivity contribution >= 4 is 28.3 Å². The Bertz CT molecular complexity index is 756. The fourth-order valence-corrected chi connectivity index (χ4v) is 3.22. The van der Waals surface area contributed by atoms with E-state index in [4.69, 9.17) is 10.1 Å². The van der Waals surface area contributed by atoms with Crippen molar-refractivity contribution in [3.63, 3.8) is 0 Å². The molecule has 3 rings (SSSR count). The maximum absolute atomic E-state index is 8.80. The van der Waals surface area contributed by atoms with Crippen molar-refractivity contribution in [1.29, 1.82) is 0 Å². The van der Waals surface area contributed by atoms with Gasteiger partial charge in [-0.1, -0.05) is 30.3 Å². The molecule has 0 spiro atoms. The quantitative estimate of drug-likeness (QED) is 0.431. The minimum atomic E-state index is 0.269. The second-order valence-electron chi connectivity index (χ2n) is 4.94. The standard InChI is InChI=1S/C15H18N4OS/c1-11-16-14-12-7-3-4-8-13(12)17-15(19(14)18-11)21-10-6-2-5-9-20/h3-4,7-8,20H,2,5-6,9-10H2,1H3. The third-order valence-electron chi connectivity index (χ3n) is 3.29. The molecule has 2 aromatic heterocycles. The molecule has 0 aliphatic carbocycles. The molecule has 110 valence electrons. The molecular weight excluding hydrogens is 284 g/mol. The highest BCUT2D eigenvalue weighted by Crippen LogP contribution is 2.24. The van der Waals surface area contributed by atoms with E-state index in [0.29, 0.717) is 0 Å². The Balaban J connectivity index is 1.92. The fraction of sp³-hybridized carbons (Fsp3) is 0.400. The number of unbranched alkanes of at least 4 members (excludes halogenated alkanes) is 2. The summed E-state index contributed by atoms with van der Waals surface area (Å²) in [5.41, 5.74) is 1.83. The predicted molar refractivity (Wildman–Crippen MR) is 84.7 cm³/mol. The first-order chi connectivity index (χ1) is 10.3. The Hall–Kier alpha value is -1.66. The van der Waals surface area contributed by atoms with E-state index in [0.717, 1.165) is 52.5 Å². The van der Waals surface area contributed by atoms with Crippen LogP contribution in [-0.2, 0) is 0 Å². The first kappa shape index (κ1) is 14.3. The van der Waals surface area contributed by atoms with Crippen LogP contribution in [0.5, 0.6) is 0 Å². The third kappa shape index (κ3) is 3.01. The molecule has 0 saturated carbocycles. The smallest absolute Gasteiger partial charge is 0.191 e. The van der Waals surface area contributed by atoms with Crippen LogP contribution >= 0.6 is 11.8 Å². The van der Waals surface area contributed by atoms with Gasteiger partial charge in [-0.25, -0.2) is 9.97 Å². The maximum Gasteiger partial charge on any atom is 0.191 e. The normalized spacial score (nSPS) is 11.5. The summed E-state index contributed by atoms with van der Waals surface area (Å²) in [5.74, 6) is 1.73. The molecule has 21 heavy (non-hydrogen) atoms. The SMILES string of the molecule is Cc1nc2c3ccccc3nc(SCCCCCO)n2n1. The number of nitrogens with zero attached hydrogens (tertiary/aromatic N) is 4. The van der Waals surface area contributed by atoms with Crippen LogP contribution in [0.3, 0.4) is 0 Å². The number of rotatable bonds is 6. The van der Waals surface area contributed by atoms with Crippen LogP contribution < -0.4 is 0 Å². The van der Waals surface area contributed by atoms with Gasteiger partial charge in [-0.15, -0.1) is 5.10 Å². The summed E-state index contributed by atoms with van der Waals surface area (Å²) in [7, 11) is 0. The number of benzene rings is 1. The molecule has 0 amide bonds. The molecule has 3 aromatic rings. The fourth-order valence-electron chi connectivity index (χ4n) is 2.28. The van der Waals surface area contributed by atoms with E-state index in [1.54, 1.807) is 11.8 Å². The predicted octanol–water partition coefficient (Wildman–Crippen LogP) is 2.84. The Labute approximate surface area is 127 Å². The first-order valence-electron chi connectivity index (χ1n) is 7.15. The summed E-state index contributed by atoms with van der Waals surface area (Å²) in [6, 6.07) is 8.02. The zero-order valence-corrected chi connectivity index (χ0v) is 12.8. The van der Waals surface area contributed by atoms with E-state index in [9.17, 15) is 0 Å². The third-order valence-corrected chi connectivity index (χ3v) is 4.30. The van der Waals surface area contributed by atoms with E-state index < -0.39 is 0 Å². The second kappa shape index (κ2) is 6.41. The van der Waals surface area contributed by atoms with Crippen molar-refractivity contribution in [2.75, 3.05) is 12.4 Å². The van der Waals surface area contributed by atoms with Crippen LogP contribution in [0, 0.1) is 6.92 Å². The summed E-state index contributed by atoms with van der Waals surface area (Å²) >= 11 is 1.70. The Morgan fingerprint density at radius 2 is 2.00 bits per heavy atom. The van der Waals surface area contributed by atoms with Gasteiger partial charge in [0.2, 0.25) is 0 Å². The Morgan fingerprint density at radius 3 is 2.86 bits per heavy atom. The molecule has 0 atom stereocenters. The van der Waals surface area contributed by atoms with Gasteiger partial charge in [-0.3, -0.25) is 0 Å². The van der Waals surface area contributed by atoms with Crippen molar-refractivity contribution in [3.05, 3.63) is 30.1 Å². The molecule has 6 heteroatoms. The topological polar surface area (TPSA) is 63.3 Å². The van der Waals surface area contributed by atoms with Gasteiger partial charge in [-0.05, 0) is 31.9 Å². The summed E-state index contributed by atoms with van der Waals surface area (Å²) in [6.45, 7) is 2.17. The largest absolute Gasteiger partial charge is 0.396 e. The Kier molecular flexibility index (Phi) is 4.36. The molecule has 0 unspecified atom stereocenters. The summed E-state index contributed by atoms with van der Waals surface area (Å²) < 4.78 is 1.84. The number of aryl methyl sites for hydroxylation is 1. The van der Waals surface area contributed by atoms with Crippen LogP contribution in [0.15, 0.2) is 29.4 Å². The molecule has 0 aliphatic heterocycles. The number of hydrogen-bond donors (Lipinski definition) is 1. The molecule has 0 bridgehead atoms. The molecule has 1 N–H and O–H groups in total. The van der Waals surface area contributed by atoms with Gasteiger partial charge in [0, 0.05) is 17.7 Å². The van der Waals surface area contributed by atoms with E-state index in [1.807, 2.05) is 35.7 Å². The molecule has 5 nitrogen and oxygen atoms in total. The van der Waals surface area contributed by atoms with E-state index in [1.165, 1.54) is 0 Å². The number of para-hydroxylation sites is 1. The van der Waals surface area contributed by atoms with Crippen molar-refractivity contribution < 1.29 is 5.11 Å². The van der Waals surface area contributed by atoms with Gasteiger partial charge in [0.15, 0.2) is 10.8 Å². The zero-order chi connectivity index (χ0) is 14.7. The van der Waals surface area contributed by atoms with Crippen molar-refractivity contribution in [1.82, 2.24) is 19.6 Å². The number of aromatic nitrogens is 4. The highest BCUT2D eigenvalue weighted by molar-refractivity contribution is 7.99. The summed E-state index contributed by atoms with van der Waals surface area (Å²) in [4.78, 5) is 9.23. The van der Waals surface area contributed by atoms with E-state index in [2.05, 4.69) is 10.1 Å². The average Bonchev–Trinajstić information content (AvgIpc) is 2.89. The molecular formula is C15H18N4OS. The van der Waals surface area contributed by atoms with E-state index in [-0.39, 0.29) is 6.61 Å². The maximum atomic E-state index is 8.80. The summed E-state index contributed by atoms with van der Waals surface area (Å²) in [5, 5.41) is 15.2. The number of fused-ring (bicyclic) bond motifs is 3. The molecule has 0 radical (unpaired) electrons. The first-order valence-corrected chi connectivity index (χ1v) is 8.14. The van der Waals surface area contributed by atoms with Gasteiger partial charge in [0.25, 0.3) is 0 Å². The van der Waals surface area contributed by atoms with Gasteiger partial charge in [-0.2, -0.15) is 4.52 Å². The van der Waals surface area contributed by atoms with Crippen molar-refractivity contribution in [3.8, 4) is 0 Å². The van der Waals surface area contributed by atoms with E-state index >= 15 is 0 Å². The van der Waals surface area contributed by atoms with Crippen LogP contribution in [0.1, 0.15) is 25.1 Å².